The van der Waals surface area contributed by atoms with Crippen molar-refractivity contribution in [1.82, 2.24) is 5.32 Å². The fourth-order valence-corrected chi connectivity index (χ4v) is 1.37. The summed E-state index contributed by atoms with van der Waals surface area (Å²) < 4.78 is 0. The fourth-order valence-electron chi connectivity index (χ4n) is 1.37. The molecule has 1 atom stereocenters. The zero-order chi connectivity index (χ0) is 10.4. The molecular weight excluding hydrogens is 174 g/mol. The second kappa shape index (κ2) is 5.43. The van der Waals surface area contributed by atoms with Gasteiger partial charge in [0.2, 0.25) is 5.91 Å². The van der Waals surface area contributed by atoms with Crippen LogP contribution >= 0.6 is 0 Å². The van der Waals surface area contributed by atoms with Gasteiger partial charge < -0.3 is 5.32 Å². The van der Waals surface area contributed by atoms with Crippen molar-refractivity contribution in [2.75, 3.05) is 0 Å². The molecule has 0 aliphatic carbocycles. The van der Waals surface area contributed by atoms with Gasteiger partial charge in [0.05, 0.1) is 6.04 Å². The van der Waals surface area contributed by atoms with Crippen LogP contribution in [0.25, 0.3) is 0 Å². The van der Waals surface area contributed by atoms with Crippen molar-refractivity contribution in [2.24, 2.45) is 0 Å². The van der Waals surface area contributed by atoms with Gasteiger partial charge in [-0.05, 0) is 18.9 Å². The third-order valence-electron chi connectivity index (χ3n) is 2.15. The van der Waals surface area contributed by atoms with Crippen LogP contribution in [0.2, 0.25) is 0 Å². The molecule has 76 valence electrons. The number of hydrogen-bond donors (Lipinski definition) is 1. The van der Waals surface area contributed by atoms with Gasteiger partial charge in [0.25, 0.3) is 0 Å². The first-order valence-electron chi connectivity index (χ1n) is 5.08. The lowest BCUT2D eigenvalue weighted by Crippen LogP contribution is -2.25. The van der Waals surface area contributed by atoms with Crippen molar-refractivity contribution in [1.29, 1.82) is 0 Å². The Hall–Kier alpha value is -1.31. The fraction of sp³-hybridized carbons (Fsp3) is 0.417. The van der Waals surface area contributed by atoms with E-state index in [-0.39, 0.29) is 11.9 Å². The maximum atomic E-state index is 11.3. The molecule has 1 aromatic rings. The number of amides is 1. The third kappa shape index (κ3) is 3.21. The monoisotopic (exact) mass is 191 g/mol. The molecule has 0 saturated carbocycles. The van der Waals surface area contributed by atoms with Crippen molar-refractivity contribution < 1.29 is 4.79 Å². The minimum Gasteiger partial charge on any atom is -0.350 e. The number of hydrogen-bond acceptors (Lipinski definition) is 1. The molecule has 0 bridgehead atoms. The number of carbonyl (C=O) groups excluding carboxylic acids is 1. The molecule has 0 unspecified atom stereocenters. The summed E-state index contributed by atoms with van der Waals surface area (Å²) in [5, 5.41) is 2.96. The van der Waals surface area contributed by atoms with Gasteiger partial charge in [0, 0.05) is 6.42 Å². The number of benzene rings is 1. The molecule has 0 saturated heterocycles. The summed E-state index contributed by atoms with van der Waals surface area (Å²) in [5.41, 5.74) is 1.15. The van der Waals surface area contributed by atoms with Crippen LogP contribution < -0.4 is 5.32 Å². The highest BCUT2D eigenvalue weighted by Crippen LogP contribution is 2.11. The Kier molecular flexibility index (Phi) is 4.17. The average Bonchev–Trinajstić information content (AvgIpc) is 2.19. The molecule has 1 rings (SSSR count). The van der Waals surface area contributed by atoms with E-state index in [1.54, 1.807) is 0 Å². The summed E-state index contributed by atoms with van der Waals surface area (Å²) in [6.45, 7) is 4.01. The Morgan fingerprint density at radius 3 is 2.57 bits per heavy atom. The van der Waals surface area contributed by atoms with Gasteiger partial charge in [0.15, 0.2) is 0 Å². The second-order valence-electron chi connectivity index (χ2n) is 3.45. The first-order valence-corrected chi connectivity index (χ1v) is 5.08. The van der Waals surface area contributed by atoms with Gasteiger partial charge in [-0.25, -0.2) is 0 Å². The van der Waals surface area contributed by atoms with E-state index >= 15 is 0 Å². The molecular formula is C12H17NO. The third-order valence-corrected chi connectivity index (χ3v) is 2.15. The Bertz CT molecular complexity index is 282. The molecule has 0 aliphatic rings. The zero-order valence-corrected chi connectivity index (χ0v) is 8.79. The van der Waals surface area contributed by atoms with Gasteiger partial charge in [-0.2, -0.15) is 0 Å². The van der Waals surface area contributed by atoms with E-state index < -0.39 is 0 Å². The highest BCUT2D eigenvalue weighted by Gasteiger charge is 2.07. The molecule has 1 N–H and O–H groups in total. The maximum Gasteiger partial charge on any atom is 0.220 e. The minimum absolute atomic E-state index is 0.107. The highest BCUT2D eigenvalue weighted by atomic mass is 16.1. The van der Waals surface area contributed by atoms with Crippen molar-refractivity contribution in [3.8, 4) is 0 Å². The molecule has 0 aromatic heterocycles. The Morgan fingerprint density at radius 2 is 2.00 bits per heavy atom. The second-order valence-corrected chi connectivity index (χ2v) is 3.45. The van der Waals surface area contributed by atoms with E-state index in [0.717, 1.165) is 12.0 Å². The largest absolute Gasteiger partial charge is 0.350 e. The molecule has 0 spiro atoms. The summed E-state index contributed by atoms with van der Waals surface area (Å²) in [6.07, 6.45) is 1.50. The molecule has 0 aliphatic heterocycles. The normalized spacial score (nSPS) is 12.1. The zero-order valence-electron chi connectivity index (χ0n) is 8.79. The van der Waals surface area contributed by atoms with Gasteiger partial charge in [-0.15, -0.1) is 0 Å². The summed E-state index contributed by atoms with van der Waals surface area (Å²) >= 11 is 0. The summed E-state index contributed by atoms with van der Waals surface area (Å²) in [5.74, 6) is 0.129. The van der Waals surface area contributed by atoms with E-state index in [0.29, 0.717) is 6.42 Å². The van der Waals surface area contributed by atoms with E-state index in [4.69, 9.17) is 0 Å². The first-order chi connectivity index (χ1) is 6.74. The van der Waals surface area contributed by atoms with Crippen LogP contribution in [-0.2, 0) is 4.79 Å². The number of carbonyl (C=O) groups is 1. The molecule has 0 heterocycles. The summed E-state index contributed by atoms with van der Waals surface area (Å²) in [7, 11) is 0. The van der Waals surface area contributed by atoms with Crippen LogP contribution in [0.15, 0.2) is 30.3 Å². The van der Waals surface area contributed by atoms with Gasteiger partial charge >= 0.3 is 0 Å². The maximum absolute atomic E-state index is 11.3. The van der Waals surface area contributed by atoms with E-state index in [1.165, 1.54) is 0 Å². The summed E-state index contributed by atoms with van der Waals surface area (Å²) in [6, 6.07) is 10.1. The lowest BCUT2D eigenvalue weighted by molar-refractivity contribution is -0.121. The first kappa shape index (κ1) is 10.8. The van der Waals surface area contributed by atoms with E-state index in [1.807, 2.05) is 44.2 Å². The molecule has 2 nitrogen and oxygen atoms in total. The predicted molar refractivity (Wildman–Crippen MR) is 57.9 cm³/mol. The van der Waals surface area contributed by atoms with Gasteiger partial charge in [0.1, 0.15) is 0 Å². The molecule has 1 aromatic carbocycles. The average molecular weight is 191 g/mol. The quantitative estimate of drug-likeness (QED) is 0.778. The number of nitrogens with one attached hydrogen (secondary N) is 1. The Labute approximate surface area is 85.3 Å². The highest BCUT2D eigenvalue weighted by molar-refractivity contribution is 5.76. The van der Waals surface area contributed by atoms with Crippen molar-refractivity contribution in [3.05, 3.63) is 35.9 Å². The van der Waals surface area contributed by atoms with Crippen LogP contribution in [0, 0.1) is 0 Å². The van der Waals surface area contributed by atoms with Crippen LogP contribution in [0.4, 0.5) is 0 Å². The molecule has 0 fully saturated rings. The summed E-state index contributed by atoms with van der Waals surface area (Å²) in [4.78, 5) is 11.3. The van der Waals surface area contributed by atoms with Crippen molar-refractivity contribution in [2.45, 2.75) is 32.7 Å². The standard InChI is InChI=1S/C12H17NO/c1-3-7-12(14)13-10(2)11-8-5-4-6-9-11/h4-6,8-10H,3,7H2,1-2H3,(H,13,14)/t10-/m0/s1. The van der Waals surface area contributed by atoms with Crippen LogP contribution in [-0.4, -0.2) is 5.91 Å². The lowest BCUT2D eigenvalue weighted by atomic mass is 10.1. The van der Waals surface area contributed by atoms with E-state index in [2.05, 4.69) is 5.32 Å². The van der Waals surface area contributed by atoms with Crippen LogP contribution in [0.3, 0.4) is 0 Å². The topological polar surface area (TPSA) is 29.1 Å². The number of rotatable bonds is 4. The molecule has 14 heavy (non-hydrogen) atoms. The smallest absolute Gasteiger partial charge is 0.220 e. The Morgan fingerprint density at radius 1 is 1.36 bits per heavy atom. The Balaban J connectivity index is 2.50. The van der Waals surface area contributed by atoms with Gasteiger partial charge in [-0.3, -0.25) is 4.79 Å². The van der Waals surface area contributed by atoms with Crippen LogP contribution in [0.1, 0.15) is 38.3 Å². The molecule has 2 heteroatoms. The molecule has 0 radical (unpaired) electrons. The molecule has 1 amide bonds. The minimum atomic E-state index is 0.107. The lowest BCUT2D eigenvalue weighted by Gasteiger charge is -2.13. The predicted octanol–water partition coefficient (Wildman–Crippen LogP) is 2.66. The van der Waals surface area contributed by atoms with E-state index in [9.17, 15) is 4.79 Å². The van der Waals surface area contributed by atoms with Crippen molar-refractivity contribution >= 4 is 5.91 Å². The van der Waals surface area contributed by atoms with Crippen LogP contribution in [0.5, 0.6) is 0 Å². The SMILES string of the molecule is CCCC(=O)N[C@@H](C)c1ccccc1. The van der Waals surface area contributed by atoms with Crippen molar-refractivity contribution in [3.63, 3.8) is 0 Å². The van der Waals surface area contributed by atoms with Gasteiger partial charge in [-0.1, -0.05) is 37.3 Å².